The van der Waals surface area contributed by atoms with Gasteiger partial charge in [-0.15, -0.1) is 0 Å². The summed E-state index contributed by atoms with van der Waals surface area (Å²) in [6.07, 6.45) is 5.29. The van der Waals surface area contributed by atoms with Gasteiger partial charge in [0.1, 0.15) is 0 Å². The first kappa shape index (κ1) is 18.3. The van der Waals surface area contributed by atoms with Crippen LogP contribution in [0.3, 0.4) is 0 Å². The second kappa shape index (κ2) is 7.78. The number of alkyl halides is 2. The van der Waals surface area contributed by atoms with Gasteiger partial charge in [-0.1, -0.05) is 0 Å². The first-order chi connectivity index (χ1) is 12.0. The van der Waals surface area contributed by atoms with E-state index < -0.39 is 5.92 Å². The van der Waals surface area contributed by atoms with E-state index in [1.165, 1.54) is 0 Å². The molecule has 1 aromatic rings. The Morgan fingerprint density at radius 1 is 1.36 bits per heavy atom. The molecular formula is C17H26F2N4O2. The van der Waals surface area contributed by atoms with Crippen molar-refractivity contribution in [1.82, 2.24) is 19.6 Å². The van der Waals surface area contributed by atoms with Crippen LogP contribution in [0.25, 0.3) is 0 Å². The average Bonchev–Trinajstić information content (AvgIpc) is 3.20. The van der Waals surface area contributed by atoms with Crippen LogP contribution in [0.4, 0.5) is 8.78 Å². The van der Waals surface area contributed by atoms with Gasteiger partial charge in [0.25, 0.3) is 5.92 Å². The van der Waals surface area contributed by atoms with Crippen molar-refractivity contribution in [3.8, 4) is 0 Å². The molecule has 3 heterocycles. The lowest BCUT2D eigenvalue weighted by Gasteiger charge is -2.39. The number of methoxy groups -OCH3 is 1. The first-order valence-electron chi connectivity index (χ1n) is 8.86. The molecule has 0 spiro atoms. The molecule has 3 rings (SSSR count). The van der Waals surface area contributed by atoms with Gasteiger partial charge >= 0.3 is 0 Å². The van der Waals surface area contributed by atoms with E-state index in [9.17, 15) is 13.6 Å². The summed E-state index contributed by atoms with van der Waals surface area (Å²) >= 11 is 0. The van der Waals surface area contributed by atoms with Crippen LogP contribution in [-0.2, 0) is 16.1 Å². The molecule has 1 atom stereocenters. The Bertz CT molecular complexity index is 559. The Kier molecular flexibility index (Phi) is 5.68. The van der Waals surface area contributed by atoms with E-state index in [4.69, 9.17) is 4.74 Å². The van der Waals surface area contributed by atoms with Crippen molar-refractivity contribution in [1.29, 1.82) is 0 Å². The summed E-state index contributed by atoms with van der Waals surface area (Å²) in [7, 11) is 1.55. The van der Waals surface area contributed by atoms with E-state index in [-0.39, 0.29) is 31.0 Å². The number of likely N-dealkylation sites (tertiary alicyclic amines) is 2. The summed E-state index contributed by atoms with van der Waals surface area (Å²) in [5.74, 6) is -2.53. The quantitative estimate of drug-likeness (QED) is 0.777. The molecule has 140 valence electrons. The molecule has 0 saturated carbocycles. The number of carbonyl (C=O) groups excluding carboxylic acids is 1. The van der Waals surface area contributed by atoms with Crippen LogP contribution in [-0.4, -0.2) is 76.8 Å². The third kappa shape index (κ3) is 4.55. The Hall–Kier alpha value is -1.54. The number of aryl methyl sites for hydroxylation is 1. The Labute approximate surface area is 146 Å². The second-order valence-corrected chi connectivity index (χ2v) is 6.97. The minimum atomic E-state index is -2.64. The number of nitrogens with zero attached hydrogens (tertiary/aromatic N) is 4. The highest BCUT2D eigenvalue weighted by Gasteiger charge is 2.47. The fourth-order valence-corrected chi connectivity index (χ4v) is 3.94. The fourth-order valence-electron chi connectivity index (χ4n) is 3.94. The zero-order chi connectivity index (χ0) is 17.9. The molecule has 0 bridgehead atoms. The maximum absolute atomic E-state index is 13.8. The van der Waals surface area contributed by atoms with Gasteiger partial charge in [-0.25, -0.2) is 8.78 Å². The maximum Gasteiger partial charge on any atom is 0.262 e. The molecule has 0 aliphatic carbocycles. The van der Waals surface area contributed by atoms with E-state index in [0.717, 1.165) is 12.8 Å². The largest absolute Gasteiger partial charge is 0.383 e. The summed E-state index contributed by atoms with van der Waals surface area (Å²) in [6.45, 7) is 1.96. The van der Waals surface area contributed by atoms with Gasteiger partial charge in [0.05, 0.1) is 13.2 Å². The molecule has 2 saturated heterocycles. The molecule has 25 heavy (non-hydrogen) atoms. The van der Waals surface area contributed by atoms with Gasteiger partial charge in [0.2, 0.25) is 5.91 Å². The maximum atomic E-state index is 13.8. The summed E-state index contributed by atoms with van der Waals surface area (Å²) in [5.41, 5.74) is 0. The number of carbonyl (C=O) groups is 1. The van der Waals surface area contributed by atoms with E-state index >= 15 is 0 Å². The normalized spacial score (nSPS) is 24.8. The molecule has 1 aromatic heterocycles. The molecule has 2 aliphatic heterocycles. The summed E-state index contributed by atoms with van der Waals surface area (Å²) in [6, 6.07) is 1.70. The molecule has 0 N–H and O–H groups in total. The molecule has 0 unspecified atom stereocenters. The zero-order valence-electron chi connectivity index (χ0n) is 14.6. The predicted molar refractivity (Wildman–Crippen MR) is 88.4 cm³/mol. The molecule has 1 amide bonds. The number of hydrogen-bond acceptors (Lipinski definition) is 4. The van der Waals surface area contributed by atoms with Crippen molar-refractivity contribution in [2.75, 3.05) is 33.4 Å². The van der Waals surface area contributed by atoms with Gasteiger partial charge in [0, 0.05) is 64.1 Å². The van der Waals surface area contributed by atoms with Crippen LogP contribution in [0.5, 0.6) is 0 Å². The average molecular weight is 356 g/mol. The van der Waals surface area contributed by atoms with Crippen LogP contribution in [0.15, 0.2) is 18.5 Å². The van der Waals surface area contributed by atoms with Crippen LogP contribution in [0, 0.1) is 0 Å². The van der Waals surface area contributed by atoms with Crippen molar-refractivity contribution in [2.45, 2.75) is 50.2 Å². The second-order valence-electron chi connectivity index (χ2n) is 6.97. The van der Waals surface area contributed by atoms with Gasteiger partial charge in [0.15, 0.2) is 0 Å². The molecule has 0 aromatic carbocycles. The molecule has 2 fully saturated rings. The number of halogens is 2. The number of amides is 1. The van der Waals surface area contributed by atoms with Gasteiger partial charge in [-0.05, 0) is 18.9 Å². The number of rotatable bonds is 6. The molecular weight excluding hydrogens is 330 g/mol. The van der Waals surface area contributed by atoms with E-state index in [0.29, 0.717) is 32.7 Å². The van der Waals surface area contributed by atoms with Crippen LogP contribution >= 0.6 is 0 Å². The lowest BCUT2D eigenvalue weighted by atomic mass is 10.0. The molecule has 6 nitrogen and oxygen atoms in total. The highest BCUT2D eigenvalue weighted by atomic mass is 19.3. The van der Waals surface area contributed by atoms with Crippen molar-refractivity contribution >= 4 is 5.91 Å². The van der Waals surface area contributed by atoms with Crippen molar-refractivity contribution in [2.24, 2.45) is 0 Å². The number of hydrogen-bond donors (Lipinski definition) is 0. The fraction of sp³-hybridized carbons (Fsp3) is 0.765. The molecule has 2 aliphatic rings. The van der Waals surface area contributed by atoms with E-state index in [2.05, 4.69) is 5.10 Å². The SMILES string of the molecule is COC[C@@H]1CC(F)(F)CN1C1CCN(C(=O)CCn2cccn2)CC1. The number of piperidine rings is 1. The summed E-state index contributed by atoms with van der Waals surface area (Å²) in [4.78, 5) is 16.1. The van der Waals surface area contributed by atoms with Crippen molar-refractivity contribution in [3.05, 3.63) is 18.5 Å². The highest BCUT2D eigenvalue weighted by Crippen LogP contribution is 2.35. The predicted octanol–water partition coefficient (Wildman–Crippen LogP) is 1.62. The minimum absolute atomic E-state index is 0.101. The number of ether oxygens (including phenoxy) is 1. The Balaban J connectivity index is 1.48. The van der Waals surface area contributed by atoms with Crippen LogP contribution in [0.1, 0.15) is 25.7 Å². The van der Waals surface area contributed by atoms with Gasteiger partial charge in [-0.3, -0.25) is 14.4 Å². The van der Waals surface area contributed by atoms with E-state index in [1.807, 2.05) is 22.1 Å². The third-order valence-electron chi connectivity index (χ3n) is 5.18. The standard InChI is InChI=1S/C17H26F2N4O2/c1-25-12-15-11-17(18,19)13-23(15)14-3-8-21(9-4-14)16(24)5-10-22-7-2-6-20-22/h2,6-7,14-15H,3-5,8-13H2,1H3/t15-/m0/s1. The minimum Gasteiger partial charge on any atom is -0.383 e. The molecule has 8 heteroatoms. The monoisotopic (exact) mass is 356 g/mol. The smallest absolute Gasteiger partial charge is 0.262 e. The lowest BCUT2D eigenvalue weighted by Crippen LogP contribution is -2.49. The zero-order valence-corrected chi connectivity index (χ0v) is 14.6. The third-order valence-corrected chi connectivity index (χ3v) is 5.18. The van der Waals surface area contributed by atoms with Crippen LogP contribution in [0.2, 0.25) is 0 Å². The van der Waals surface area contributed by atoms with Crippen molar-refractivity contribution in [3.63, 3.8) is 0 Å². The topological polar surface area (TPSA) is 50.6 Å². The Morgan fingerprint density at radius 3 is 2.76 bits per heavy atom. The van der Waals surface area contributed by atoms with Crippen molar-refractivity contribution < 1.29 is 18.3 Å². The molecule has 0 radical (unpaired) electrons. The van der Waals surface area contributed by atoms with Gasteiger partial charge < -0.3 is 9.64 Å². The lowest BCUT2D eigenvalue weighted by molar-refractivity contribution is -0.133. The van der Waals surface area contributed by atoms with E-state index in [1.54, 1.807) is 18.0 Å². The van der Waals surface area contributed by atoms with Crippen LogP contribution < -0.4 is 0 Å². The summed E-state index contributed by atoms with van der Waals surface area (Å²) in [5, 5.41) is 4.09. The highest BCUT2D eigenvalue weighted by molar-refractivity contribution is 5.76. The van der Waals surface area contributed by atoms with Gasteiger partial charge in [-0.2, -0.15) is 5.10 Å². The Morgan fingerprint density at radius 2 is 2.12 bits per heavy atom. The summed E-state index contributed by atoms with van der Waals surface area (Å²) < 4.78 is 34.4. The number of aromatic nitrogens is 2. The first-order valence-corrected chi connectivity index (χ1v) is 8.86.